The number of fused-ring (bicyclic) bond motifs is 1. The summed E-state index contributed by atoms with van der Waals surface area (Å²) in [6, 6.07) is 7.48. The van der Waals surface area contributed by atoms with Gasteiger partial charge in [-0.25, -0.2) is 4.98 Å². The van der Waals surface area contributed by atoms with Crippen molar-refractivity contribution in [3.63, 3.8) is 0 Å². The minimum atomic E-state index is -0.745. The fourth-order valence-electron chi connectivity index (χ4n) is 4.61. The average Bonchev–Trinajstić information content (AvgIpc) is 3.38. The van der Waals surface area contributed by atoms with E-state index in [-0.39, 0.29) is 29.1 Å². The van der Waals surface area contributed by atoms with Crippen LogP contribution in [0.25, 0.3) is 10.2 Å². The summed E-state index contributed by atoms with van der Waals surface area (Å²) in [4.78, 5) is 41.8. The fourth-order valence-corrected chi connectivity index (χ4v) is 6.23. The number of ether oxygens (including phenoxy) is 2. The molecule has 4 rings (SSSR count). The first kappa shape index (κ1) is 27.0. The Morgan fingerprint density at radius 2 is 1.92 bits per heavy atom. The number of carboxylic acids is 1. The smallest absolute Gasteiger partial charge is 0.306 e. The number of carbonyl (C=O) groups is 2. The molecule has 1 amide bonds. The molecule has 2 aromatic heterocycles. The maximum Gasteiger partial charge on any atom is 0.306 e. The minimum absolute atomic E-state index is 0.100. The number of nitrogens with one attached hydrogen (secondary N) is 1. The second-order valence-electron chi connectivity index (χ2n) is 9.08. The van der Waals surface area contributed by atoms with Crippen LogP contribution in [0.1, 0.15) is 31.2 Å². The van der Waals surface area contributed by atoms with E-state index in [2.05, 4.69) is 10.3 Å². The quantitative estimate of drug-likeness (QED) is 0.276. The van der Waals surface area contributed by atoms with Gasteiger partial charge < -0.3 is 19.9 Å². The van der Waals surface area contributed by atoms with Crippen LogP contribution in [0.3, 0.4) is 0 Å². The molecule has 0 saturated heterocycles. The Morgan fingerprint density at radius 1 is 1.16 bits per heavy atom. The van der Waals surface area contributed by atoms with Crippen LogP contribution in [0.5, 0.6) is 11.5 Å². The van der Waals surface area contributed by atoms with Crippen molar-refractivity contribution in [3.8, 4) is 11.5 Å². The standard InChI is InChI=1S/C26H31N3O6S2/c1-34-20-8-5-16(13-21(20)35-2)9-11-27-22(30)15-37-26-28-19-10-12-36-23(19)24(31)29(26)14-17-3-6-18(7-4-17)25(32)33/h5,8,10,12-13,17-18H,3-4,6-7,9,11,14-15H2,1-2H3,(H,27,30)(H,32,33). The normalized spacial score (nSPS) is 17.5. The number of nitrogens with zero attached hydrogens (tertiary/aromatic N) is 2. The van der Waals surface area contributed by atoms with Gasteiger partial charge in [0.2, 0.25) is 5.91 Å². The molecular formula is C26H31N3O6S2. The Hall–Kier alpha value is -3.05. The summed E-state index contributed by atoms with van der Waals surface area (Å²) in [6.45, 7) is 0.945. The van der Waals surface area contributed by atoms with Gasteiger partial charge >= 0.3 is 5.97 Å². The van der Waals surface area contributed by atoms with E-state index in [0.29, 0.717) is 59.2 Å². The Kier molecular flexibility index (Phi) is 9.09. The number of aromatic nitrogens is 2. The Labute approximate surface area is 223 Å². The van der Waals surface area contributed by atoms with E-state index in [1.54, 1.807) is 18.8 Å². The summed E-state index contributed by atoms with van der Waals surface area (Å²) < 4.78 is 12.9. The molecule has 0 atom stereocenters. The van der Waals surface area contributed by atoms with Crippen LogP contribution in [0.15, 0.2) is 39.6 Å². The van der Waals surface area contributed by atoms with Gasteiger partial charge in [-0.05, 0) is 67.2 Å². The topological polar surface area (TPSA) is 120 Å². The first-order valence-electron chi connectivity index (χ1n) is 12.2. The molecule has 2 heterocycles. The Balaban J connectivity index is 1.37. The summed E-state index contributed by atoms with van der Waals surface area (Å²) in [6.07, 6.45) is 3.39. The number of thiophene rings is 1. The van der Waals surface area contributed by atoms with E-state index in [1.165, 1.54) is 23.1 Å². The lowest BCUT2D eigenvalue weighted by atomic mass is 9.82. The van der Waals surface area contributed by atoms with E-state index < -0.39 is 5.97 Å². The van der Waals surface area contributed by atoms with E-state index in [4.69, 9.17) is 9.47 Å². The monoisotopic (exact) mass is 545 g/mol. The SMILES string of the molecule is COc1ccc(CCNC(=O)CSc2nc3ccsc3c(=O)n2CC2CCC(C(=O)O)CC2)cc1OC. The molecule has 1 fully saturated rings. The molecule has 0 bridgehead atoms. The summed E-state index contributed by atoms with van der Waals surface area (Å²) in [5.74, 6) is 0.461. The molecule has 1 aromatic carbocycles. The molecule has 1 saturated carbocycles. The highest BCUT2D eigenvalue weighted by molar-refractivity contribution is 7.99. The first-order valence-corrected chi connectivity index (χ1v) is 14.1. The number of aliphatic carboxylic acids is 1. The Morgan fingerprint density at radius 3 is 2.62 bits per heavy atom. The van der Waals surface area contributed by atoms with Gasteiger partial charge in [0.25, 0.3) is 5.56 Å². The molecule has 37 heavy (non-hydrogen) atoms. The highest BCUT2D eigenvalue weighted by atomic mass is 32.2. The summed E-state index contributed by atoms with van der Waals surface area (Å²) in [5, 5.41) is 14.6. The molecule has 1 aliphatic carbocycles. The molecular weight excluding hydrogens is 514 g/mol. The molecule has 1 aliphatic rings. The fraction of sp³-hybridized carbons (Fsp3) is 0.462. The van der Waals surface area contributed by atoms with E-state index >= 15 is 0 Å². The van der Waals surface area contributed by atoms with Crippen molar-refractivity contribution in [2.75, 3.05) is 26.5 Å². The van der Waals surface area contributed by atoms with Crippen LogP contribution >= 0.6 is 23.1 Å². The number of carbonyl (C=O) groups excluding carboxylic acids is 1. The maximum atomic E-state index is 13.2. The predicted molar refractivity (Wildman–Crippen MR) is 144 cm³/mol. The lowest BCUT2D eigenvalue weighted by molar-refractivity contribution is -0.143. The zero-order valence-corrected chi connectivity index (χ0v) is 22.5. The van der Waals surface area contributed by atoms with Gasteiger partial charge in [0, 0.05) is 13.1 Å². The summed E-state index contributed by atoms with van der Waals surface area (Å²) in [7, 11) is 3.17. The number of benzene rings is 1. The number of thioether (sulfide) groups is 1. The minimum Gasteiger partial charge on any atom is -0.493 e. The Bertz CT molecular complexity index is 1310. The molecule has 0 spiro atoms. The van der Waals surface area contributed by atoms with Gasteiger partial charge in [0.15, 0.2) is 16.7 Å². The van der Waals surface area contributed by atoms with Crippen LogP contribution < -0.4 is 20.3 Å². The van der Waals surface area contributed by atoms with Gasteiger partial charge in [-0.15, -0.1) is 11.3 Å². The number of methoxy groups -OCH3 is 2. The summed E-state index contributed by atoms with van der Waals surface area (Å²) in [5.41, 5.74) is 1.55. The molecule has 9 nitrogen and oxygen atoms in total. The molecule has 0 unspecified atom stereocenters. The number of hydrogen-bond acceptors (Lipinski definition) is 8. The van der Waals surface area contributed by atoms with E-state index in [9.17, 15) is 19.5 Å². The molecule has 0 aliphatic heterocycles. The molecule has 198 valence electrons. The van der Waals surface area contributed by atoms with Crippen LogP contribution in [0.4, 0.5) is 0 Å². The number of carboxylic acid groups (broad SMARTS) is 1. The van der Waals surface area contributed by atoms with Gasteiger partial charge in [-0.2, -0.15) is 0 Å². The molecule has 2 N–H and O–H groups in total. The number of hydrogen-bond donors (Lipinski definition) is 2. The van der Waals surface area contributed by atoms with Gasteiger partial charge in [-0.1, -0.05) is 17.8 Å². The third-order valence-electron chi connectivity index (χ3n) is 6.68. The van der Waals surface area contributed by atoms with Crippen LogP contribution in [0, 0.1) is 11.8 Å². The van der Waals surface area contributed by atoms with Crippen molar-refractivity contribution in [2.45, 2.75) is 43.8 Å². The van der Waals surface area contributed by atoms with Gasteiger partial charge in [-0.3, -0.25) is 19.0 Å². The third-order valence-corrected chi connectivity index (χ3v) is 8.55. The van der Waals surface area contributed by atoms with Crippen molar-refractivity contribution < 1.29 is 24.2 Å². The maximum absolute atomic E-state index is 13.2. The van der Waals surface area contributed by atoms with Crippen molar-refractivity contribution in [2.24, 2.45) is 11.8 Å². The second-order valence-corrected chi connectivity index (χ2v) is 10.9. The third kappa shape index (κ3) is 6.64. The number of rotatable bonds is 11. The van der Waals surface area contributed by atoms with Crippen LogP contribution in [-0.4, -0.2) is 53.1 Å². The van der Waals surface area contributed by atoms with Crippen molar-refractivity contribution in [3.05, 3.63) is 45.6 Å². The van der Waals surface area contributed by atoms with Gasteiger partial charge in [0.05, 0.1) is 31.4 Å². The lowest BCUT2D eigenvalue weighted by Gasteiger charge is -2.27. The summed E-state index contributed by atoms with van der Waals surface area (Å²) >= 11 is 2.62. The van der Waals surface area contributed by atoms with E-state index in [0.717, 1.165) is 18.4 Å². The first-order chi connectivity index (χ1) is 17.9. The zero-order chi connectivity index (χ0) is 26.4. The number of amides is 1. The largest absolute Gasteiger partial charge is 0.493 e. The molecule has 3 aromatic rings. The predicted octanol–water partition coefficient (Wildman–Crippen LogP) is 3.82. The lowest BCUT2D eigenvalue weighted by Crippen LogP contribution is -2.30. The molecule has 0 radical (unpaired) electrons. The van der Waals surface area contributed by atoms with Crippen molar-refractivity contribution >= 4 is 45.2 Å². The molecule has 11 heteroatoms. The van der Waals surface area contributed by atoms with E-state index in [1.807, 2.05) is 29.6 Å². The highest BCUT2D eigenvalue weighted by Crippen LogP contribution is 2.31. The highest BCUT2D eigenvalue weighted by Gasteiger charge is 2.27. The van der Waals surface area contributed by atoms with Crippen molar-refractivity contribution in [1.29, 1.82) is 0 Å². The van der Waals surface area contributed by atoms with Gasteiger partial charge in [0.1, 0.15) is 4.70 Å². The second kappa shape index (κ2) is 12.5. The van der Waals surface area contributed by atoms with Crippen LogP contribution in [0.2, 0.25) is 0 Å². The zero-order valence-electron chi connectivity index (χ0n) is 20.9. The van der Waals surface area contributed by atoms with Crippen LogP contribution in [-0.2, 0) is 22.6 Å². The van der Waals surface area contributed by atoms with Crippen molar-refractivity contribution in [1.82, 2.24) is 14.9 Å². The average molecular weight is 546 g/mol.